The van der Waals surface area contributed by atoms with E-state index in [2.05, 4.69) is 20.3 Å². The van der Waals surface area contributed by atoms with Gasteiger partial charge in [0.15, 0.2) is 5.82 Å². The van der Waals surface area contributed by atoms with Crippen molar-refractivity contribution in [3.63, 3.8) is 0 Å². The maximum Gasteiger partial charge on any atom is 0.309 e. The number of anilines is 1. The molecule has 2 aliphatic carbocycles. The lowest BCUT2D eigenvalue weighted by atomic mass is 10.0. The van der Waals surface area contributed by atoms with Crippen LogP contribution in [0.2, 0.25) is 0 Å². The summed E-state index contributed by atoms with van der Waals surface area (Å²) in [5.41, 5.74) is 1.10. The van der Waals surface area contributed by atoms with Gasteiger partial charge in [0.25, 0.3) is 0 Å². The predicted octanol–water partition coefficient (Wildman–Crippen LogP) is 1.81. The van der Waals surface area contributed by atoms with Crippen LogP contribution in [0, 0.1) is 11.8 Å². The average molecular weight is 277 g/mol. The number of nitrogens with one attached hydrogen (secondary N) is 2. The number of amides is 1. The van der Waals surface area contributed by atoms with Crippen LogP contribution < -0.4 is 5.32 Å². The first-order valence-electron chi connectivity index (χ1n) is 7.13. The number of carbonyl (C=O) groups is 2. The van der Waals surface area contributed by atoms with Gasteiger partial charge in [0.1, 0.15) is 0 Å². The second-order valence-electron chi connectivity index (χ2n) is 5.65. The van der Waals surface area contributed by atoms with Gasteiger partial charge in [0.05, 0.1) is 18.9 Å². The Kier molecular flexibility index (Phi) is 3.46. The minimum Gasteiger partial charge on any atom is -0.469 e. The molecule has 0 radical (unpaired) electrons. The quantitative estimate of drug-likeness (QED) is 0.822. The first kappa shape index (κ1) is 13.1. The number of rotatable bonds is 4. The molecule has 3 rings (SSSR count). The molecule has 6 heteroatoms. The number of H-pyrrole nitrogens is 1. The van der Waals surface area contributed by atoms with Gasteiger partial charge in [-0.3, -0.25) is 14.7 Å². The van der Waals surface area contributed by atoms with Crippen LogP contribution in [0.15, 0.2) is 6.07 Å². The third-order valence-corrected chi connectivity index (χ3v) is 4.28. The van der Waals surface area contributed by atoms with Crippen LogP contribution in [0.4, 0.5) is 5.82 Å². The molecule has 1 amide bonds. The lowest BCUT2D eigenvalue weighted by Crippen LogP contribution is -2.17. The Balaban J connectivity index is 1.56. The van der Waals surface area contributed by atoms with Gasteiger partial charge in [0.2, 0.25) is 5.91 Å². The van der Waals surface area contributed by atoms with Gasteiger partial charge < -0.3 is 10.1 Å². The Bertz CT molecular complexity index is 519. The molecule has 108 valence electrons. The van der Waals surface area contributed by atoms with Crippen LogP contribution >= 0.6 is 0 Å². The Morgan fingerprint density at radius 1 is 1.35 bits per heavy atom. The summed E-state index contributed by atoms with van der Waals surface area (Å²) in [6.07, 6.45) is 5.45. The summed E-state index contributed by atoms with van der Waals surface area (Å²) in [6, 6.07) is 1.91. The van der Waals surface area contributed by atoms with Crippen LogP contribution in [-0.4, -0.2) is 29.2 Å². The summed E-state index contributed by atoms with van der Waals surface area (Å²) in [5.74, 6) is 0.0790. The number of esters is 1. The number of hydrogen-bond donors (Lipinski definition) is 2. The van der Waals surface area contributed by atoms with Crippen molar-refractivity contribution in [1.29, 1.82) is 0 Å². The van der Waals surface area contributed by atoms with E-state index in [0.29, 0.717) is 18.2 Å². The molecule has 1 heterocycles. The highest BCUT2D eigenvalue weighted by molar-refractivity contribution is 5.97. The number of hydrogen-bond acceptors (Lipinski definition) is 4. The summed E-state index contributed by atoms with van der Waals surface area (Å²) >= 11 is 0. The zero-order valence-electron chi connectivity index (χ0n) is 11.5. The lowest BCUT2D eigenvalue weighted by molar-refractivity contribution is -0.143. The van der Waals surface area contributed by atoms with E-state index in [-0.39, 0.29) is 23.7 Å². The molecule has 2 aliphatic rings. The van der Waals surface area contributed by atoms with Crippen LogP contribution in [0.1, 0.15) is 43.7 Å². The molecule has 0 unspecified atom stereocenters. The highest BCUT2D eigenvalue weighted by Gasteiger charge is 2.49. The fraction of sp³-hybridized carbons (Fsp3) is 0.643. The lowest BCUT2D eigenvalue weighted by Gasteiger charge is -2.03. The molecular formula is C14H19N3O3. The van der Waals surface area contributed by atoms with Crippen molar-refractivity contribution < 1.29 is 14.3 Å². The first-order chi connectivity index (χ1) is 9.69. The molecule has 0 bridgehead atoms. The number of carbonyl (C=O) groups excluding carboxylic acids is 2. The number of aromatic nitrogens is 2. The highest BCUT2D eigenvalue weighted by Crippen LogP contribution is 2.40. The smallest absolute Gasteiger partial charge is 0.309 e. The van der Waals surface area contributed by atoms with E-state index < -0.39 is 0 Å². The van der Waals surface area contributed by atoms with Gasteiger partial charge in [-0.25, -0.2) is 0 Å². The Morgan fingerprint density at radius 3 is 2.80 bits per heavy atom. The molecule has 2 atom stereocenters. The predicted molar refractivity (Wildman–Crippen MR) is 72.0 cm³/mol. The fourth-order valence-corrected chi connectivity index (χ4v) is 2.96. The monoisotopic (exact) mass is 277 g/mol. The summed E-state index contributed by atoms with van der Waals surface area (Å²) in [5, 5.41) is 9.90. The van der Waals surface area contributed by atoms with Crippen molar-refractivity contribution in [3.05, 3.63) is 11.8 Å². The molecule has 20 heavy (non-hydrogen) atoms. The number of ether oxygens (including phenoxy) is 1. The van der Waals surface area contributed by atoms with Gasteiger partial charge in [-0.2, -0.15) is 5.10 Å². The summed E-state index contributed by atoms with van der Waals surface area (Å²) in [4.78, 5) is 23.3. The van der Waals surface area contributed by atoms with Crippen LogP contribution in [0.5, 0.6) is 0 Å². The van der Waals surface area contributed by atoms with Crippen molar-refractivity contribution in [2.24, 2.45) is 11.8 Å². The Morgan fingerprint density at radius 2 is 2.10 bits per heavy atom. The van der Waals surface area contributed by atoms with Crippen molar-refractivity contribution in [3.8, 4) is 0 Å². The van der Waals surface area contributed by atoms with E-state index in [0.717, 1.165) is 5.69 Å². The van der Waals surface area contributed by atoms with E-state index in [1.807, 2.05) is 6.07 Å². The number of nitrogens with zero attached hydrogens (tertiary/aromatic N) is 1. The van der Waals surface area contributed by atoms with Gasteiger partial charge >= 0.3 is 5.97 Å². The van der Waals surface area contributed by atoms with Gasteiger partial charge in [-0.1, -0.05) is 12.8 Å². The fourth-order valence-electron chi connectivity index (χ4n) is 2.96. The summed E-state index contributed by atoms with van der Waals surface area (Å²) in [6.45, 7) is 0. The van der Waals surface area contributed by atoms with Crippen LogP contribution in [0.3, 0.4) is 0 Å². The zero-order valence-corrected chi connectivity index (χ0v) is 11.5. The van der Waals surface area contributed by atoms with Crippen LogP contribution in [0.25, 0.3) is 0 Å². The zero-order chi connectivity index (χ0) is 14.1. The number of methoxy groups -OCH3 is 1. The molecule has 0 aromatic carbocycles. The van der Waals surface area contributed by atoms with E-state index in [4.69, 9.17) is 0 Å². The maximum atomic E-state index is 12.0. The minimum absolute atomic E-state index is 0.148. The second-order valence-corrected chi connectivity index (χ2v) is 5.65. The molecule has 2 fully saturated rings. The molecule has 2 N–H and O–H groups in total. The van der Waals surface area contributed by atoms with Crippen molar-refractivity contribution in [2.45, 2.75) is 38.0 Å². The van der Waals surface area contributed by atoms with Crippen molar-refractivity contribution in [2.75, 3.05) is 12.4 Å². The topological polar surface area (TPSA) is 84.1 Å². The molecule has 0 saturated heterocycles. The minimum atomic E-state index is -0.307. The first-order valence-corrected chi connectivity index (χ1v) is 7.13. The second kappa shape index (κ2) is 5.26. The van der Waals surface area contributed by atoms with Crippen LogP contribution in [-0.2, 0) is 14.3 Å². The Hall–Kier alpha value is -1.85. The van der Waals surface area contributed by atoms with E-state index in [9.17, 15) is 9.59 Å². The molecule has 0 aliphatic heterocycles. The Labute approximate surface area is 117 Å². The summed E-state index contributed by atoms with van der Waals surface area (Å²) < 4.78 is 4.64. The standard InChI is InChI=1S/C14H19N3O3/c1-20-14(19)10-6-9(10)13(18)15-12-7-11(16-17-12)8-4-2-3-5-8/h7-10H,2-6H2,1H3,(H2,15,16,17,18)/t9-,10+/m0/s1. The van der Waals surface area contributed by atoms with Gasteiger partial charge in [-0.15, -0.1) is 0 Å². The van der Waals surface area contributed by atoms with E-state index >= 15 is 0 Å². The normalized spacial score (nSPS) is 25.4. The SMILES string of the molecule is COC(=O)[C@@H]1C[C@@H]1C(=O)Nc1cc(C2CCCC2)[nH]n1. The van der Waals surface area contributed by atoms with Crippen molar-refractivity contribution >= 4 is 17.7 Å². The molecule has 6 nitrogen and oxygen atoms in total. The van der Waals surface area contributed by atoms with Gasteiger partial charge in [-0.05, 0) is 19.3 Å². The van der Waals surface area contributed by atoms with E-state index in [1.54, 1.807) is 0 Å². The third-order valence-electron chi connectivity index (χ3n) is 4.28. The van der Waals surface area contributed by atoms with E-state index in [1.165, 1.54) is 32.8 Å². The van der Waals surface area contributed by atoms with Gasteiger partial charge in [0, 0.05) is 17.7 Å². The van der Waals surface area contributed by atoms with Crippen molar-refractivity contribution in [1.82, 2.24) is 10.2 Å². The maximum absolute atomic E-state index is 12.0. The number of aromatic amines is 1. The molecule has 1 aromatic heterocycles. The third kappa shape index (κ3) is 2.55. The molecular weight excluding hydrogens is 258 g/mol. The highest BCUT2D eigenvalue weighted by atomic mass is 16.5. The molecule has 1 aromatic rings. The average Bonchev–Trinajstić information content (AvgIpc) is 2.87. The molecule has 0 spiro atoms. The largest absolute Gasteiger partial charge is 0.469 e. The summed E-state index contributed by atoms with van der Waals surface area (Å²) in [7, 11) is 1.34. The molecule has 2 saturated carbocycles.